The van der Waals surface area contributed by atoms with Crippen molar-refractivity contribution in [3.05, 3.63) is 70.6 Å². The SMILES string of the molecule is Cc1cc(=O)oc2cc(NC([SeH])=Nc3ccccc3)ccc12. The second kappa shape index (κ2) is 6.18. The zero-order valence-corrected chi connectivity index (χ0v) is 13.8. The van der Waals surface area contributed by atoms with E-state index in [4.69, 9.17) is 4.42 Å². The fourth-order valence-electron chi connectivity index (χ4n) is 2.18. The van der Waals surface area contributed by atoms with Gasteiger partial charge in [-0.3, -0.25) is 0 Å². The molecule has 0 radical (unpaired) electrons. The number of nitrogens with one attached hydrogen (secondary N) is 1. The van der Waals surface area contributed by atoms with Crippen molar-refractivity contribution in [1.29, 1.82) is 0 Å². The van der Waals surface area contributed by atoms with Gasteiger partial charge in [-0.05, 0) is 0 Å². The van der Waals surface area contributed by atoms with Crippen molar-refractivity contribution in [2.24, 2.45) is 4.99 Å². The molecule has 0 spiro atoms. The number of fused-ring (bicyclic) bond motifs is 1. The zero-order valence-electron chi connectivity index (χ0n) is 11.9. The van der Waals surface area contributed by atoms with E-state index in [0.29, 0.717) is 10.3 Å². The number of aryl methyl sites for hydroxylation is 1. The van der Waals surface area contributed by atoms with Gasteiger partial charge in [-0.25, -0.2) is 0 Å². The standard InChI is InChI=1S/C17H14N2O2Se/c1-11-9-16(20)21-15-10-13(7-8-14(11)15)19-17(22)18-12-5-3-2-4-6-12/h2-10H,1H3,(H2,18,19,22). The van der Waals surface area contributed by atoms with Crippen molar-refractivity contribution in [1.82, 2.24) is 0 Å². The molecule has 1 aromatic heterocycles. The number of anilines is 1. The second-order valence-electron chi connectivity index (χ2n) is 4.86. The van der Waals surface area contributed by atoms with Gasteiger partial charge in [-0.2, -0.15) is 0 Å². The Balaban J connectivity index is 1.91. The van der Waals surface area contributed by atoms with Gasteiger partial charge in [0.05, 0.1) is 0 Å². The second-order valence-corrected chi connectivity index (χ2v) is 5.74. The van der Waals surface area contributed by atoms with Crippen LogP contribution in [0, 0.1) is 6.92 Å². The van der Waals surface area contributed by atoms with Gasteiger partial charge < -0.3 is 0 Å². The number of benzene rings is 2. The van der Waals surface area contributed by atoms with Gasteiger partial charge in [0.15, 0.2) is 0 Å². The quantitative estimate of drug-likeness (QED) is 0.332. The van der Waals surface area contributed by atoms with Crippen molar-refractivity contribution < 1.29 is 4.42 Å². The first-order chi connectivity index (χ1) is 10.6. The van der Waals surface area contributed by atoms with Crippen LogP contribution in [-0.2, 0) is 0 Å². The summed E-state index contributed by atoms with van der Waals surface area (Å²) in [5, 5.41) is 4.11. The average molecular weight is 357 g/mol. The normalized spacial score (nSPS) is 11.6. The maximum absolute atomic E-state index is 11.5. The molecule has 3 aromatic rings. The van der Waals surface area contributed by atoms with E-state index in [2.05, 4.69) is 26.3 Å². The average Bonchev–Trinajstić information content (AvgIpc) is 2.47. The zero-order chi connectivity index (χ0) is 15.5. The van der Waals surface area contributed by atoms with Crippen LogP contribution < -0.4 is 10.9 Å². The number of hydrogen-bond acceptors (Lipinski definition) is 3. The molecule has 0 aliphatic carbocycles. The monoisotopic (exact) mass is 358 g/mol. The molecule has 0 amide bonds. The number of rotatable bonds is 2. The van der Waals surface area contributed by atoms with Gasteiger partial charge in [-0.15, -0.1) is 0 Å². The topological polar surface area (TPSA) is 54.6 Å². The predicted octanol–water partition coefficient (Wildman–Crippen LogP) is 3.10. The third-order valence-corrected chi connectivity index (χ3v) is 3.64. The van der Waals surface area contributed by atoms with Crippen LogP contribution in [-0.4, -0.2) is 20.7 Å². The summed E-state index contributed by atoms with van der Waals surface area (Å²) in [7, 11) is 0. The van der Waals surface area contributed by atoms with E-state index in [1.165, 1.54) is 6.07 Å². The minimum atomic E-state index is -0.340. The van der Waals surface area contributed by atoms with Gasteiger partial charge in [0.25, 0.3) is 0 Å². The maximum atomic E-state index is 11.5. The molecule has 4 nitrogen and oxygen atoms in total. The van der Waals surface area contributed by atoms with Crippen molar-refractivity contribution in [3.63, 3.8) is 0 Å². The van der Waals surface area contributed by atoms with Crippen LogP contribution in [0.3, 0.4) is 0 Å². The summed E-state index contributed by atoms with van der Waals surface area (Å²) in [5.41, 5.74) is 2.82. The van der Waals surface area contributed by atoms with E-state index in [1.807, 2.05) is 49.4 Å². The summed E-state index contributed by atoms with van der Waals surface area (Å²) in [5.74, 6) is 0. The fraction of sp³-hybridized carbons (Fsp3) is 0.0588. The molecular formula is C17H14N2O2Se. The summed E-state index contributed by atoms with van der Waals surface area (Å²) < 4.78 is 5.94. The van der Waals surface area contributed by atoms with E-state index < -0.39 is 0 Å². The molecule has 0 aliphatic rings. The molecule has 3 rings (SSSR count). The van der Waals surface area contributed by atoms with Crippen molar-refractivity contribution in [3.8, 4) is 0 Å². The van der Waals surface area contributed by atoms with Crippen LogP contribution >= 0.6 is 0 Å². The Morgan fingerprint density at radius 2 is 1.91 bits per heavy atom. The van der Waals surface area contributed by atoms with E-state index in [-0.39, 0.29) is 5.63 Å². The number of amidine groups is 1. The summed E-state index contributed by atoms with van der Waals surface area (Å²) in [4.78, 5) is 15.9. The Labute approximate surface area is 135 Å². The molecule has 22 heavy (non-hydrogen) atoms. The molecule has 110 valence electrons. The fourth-order valence-corrected chi connectivity index (χ4v) is 2.70. The Morgan fingerprint density at radius 1 is 1.14 bits per heavy atom. The van der Waals surface area contributed by atoms with E-state index in [1.54, 1.807) is 6.07 Å². The van der Waals surface area contributed by atoms with Crippen LogP contribution in [0.5, 0.6) is 0 Å². The molecule has 0 saturated carbocycles. The van der Waals surface area contributed by atoms with Crippen LogP contribution in [0.4, 0.5) is 11.4 Å². The third-order valence-electron chi connectivity index (χ3n) is 3.20. The molecule has 0 aliphatic heterocycles. The van der Waals surface area contributed by atoms with Crippen molar-refractivity contribution in [2.75, 3.05) is 5.32 Å². The van der Waals surface area contributed by atoms with Crippen LogP contribution in [0.15, 0.2) is 68.8 Å². The predicted molar refractivity (Wildman–Crippen MR) is 91.5 cm³/mol. The van der Waals surface area contributed by atoms with Gasteiger partial charge >= 0.3 is 135 Å². The van der Waals surface area contributed by atoms with Crippen LogP contribution in [0.1, 0.15) is 5.56 Å². The number of nitrogens with zero attached hydrogens (tertiary/aromatic N) is 1. The molecule has 5 heteroatoms. The first kappa shape index (κ1) is 14.6. The van der Waals surface area contributed by atoms with Gasteiger partial charge in [0.2, 0.25) is 0 Å². The van der Waals surface area contributed by atoms with Crippen LogP contribution in [0.2, 0.25) is 0 Å². The number of para-hydroxylation sites is 1. The molecule has 0 bridgehead atoms. The molecule has 0 saturated heterocycles. The Hall–Kier alpha value is -2.36. The first-order valence-corrected chi connectivity index (χ1v) is 7.70. The minimum absolute atomic E-state index is 0.340. The Kier molecular flexibility index (Phi) is 4.09. The summed E-state index contributed by atoms with van der Waals surface area (Å²) >= 11 is 2.39. The molecular weight excluding hydrogens is 343 g/mol. The van der Waals surface area contributed by atoms with Gasteiger partial charge in [-0.1, -0.05) is 0 Å². The number of hydrogen-bond donors (Lipinski definition) is 1. The summed E-state index contributed by atoms with van der Waals surface area (Å²) in [6.07, 6.45) is 0. The first-order valence-electron chi connectivity index (χ1n) is 6.76. The molecule has 0 atom stereocenters. The third kappa shape index (κ3) is 3.27. The Morgan fingerprint density at radius 3 is 2.68 bits per heavy atom. The van der Waals surface area contributed by atoms with Crippen LogP contribution in [0.25, 0.3) is 11.0 Å². The molecule has 0 fully saturated rings. The number of aliphatic imine (C=N–C) groups is 1. The molecule has 1 heterocycles. The van der Waals surface area contributed by atoms with Crippen molar-refractivity contribution >= 4 is 43.1 Å². The van der Waals surface area contributed by atoms with E-state index in [9.17, 15) is 4.79 Å². The summed E-state index contributed by atoms with van der Waals surface area (Å²) in [6.45, 7) is 1.89. The molecule has 1 N–H and O–H groups in total. The van der Waals surface area contributed by atoms with E-state index in [0.717, 1.165) is 22.3 Å². The molecule has 0 unspecified atom stereocenters. The summed E-state index contributed by atoms with van der Waals surface area (Å²) in [6, 6.07) is 16.8. The van der Waals surface area contributed by atoms with Gasteiger partial charge in [0, 0.05) is 0 Å². The molecule has 2 aromatic carbocycles. The van der Waals surface area contributed by atoms with Crippen molar-refractivity contribution in [2.45, 2.75) is 6.92 Å². The van der Waals surface area contributed by atoms with E-state index >= 15 is 0 Å². The Bertz CT molecular complexity index is 901. The van der Waals surface area contributed by atoms with Gasteiger partial charge in [0.1, 0.15) is 0 Å².